The minimum Gasteiger partial charge on any atom is -0.497 e. The zero-order valence-corrected chi connectivity index (χ0v) is 23.2. The van der Waals surface area contributed by atoms with Crippen LogP contribution in [-0.4, -0.2) is 61.8 Å². The largest absolute Gasteiger partial charge is 0.497 e. The van der Waals surface area contributed by atoms with E-state index < -0.39 is 0 Å². The first-order valence-electron chi connectivity index (χ1n) is 13.7. The van der Waals surface area contributed by atoms with Gasteiger partial charge in [-0.15, -0.1) is 11.7 Å². The third-order valence-electron chi connectivity index (χ3n) is 7.14. The number of allylic oxidation sites excluding steroid dienone is 1. The van der Waals surface area contributed by atoms with Crippen molar-refractivity contribution in [3.63, 3.8) is 0 Å². The second-order valence-electron chi connectivity index (χ2n) is 9.83. The Kier molecular flexibility index (Phi) is 8.66. The van der Waals surface area contributed by atoms with Crippen LogP contribution in [0.1, 0.15) is 31.2 Å². The van der Waals surface area contributed by atoms with Gasteiger partial charge in [0.15, 0.2) is 5.76 Å². The lowest BCUT2D eigenvalue weighted by molar-refractivity contribution is -0.122. The molecule has 0 spiro atoms. The number of rotatable bonds is 9. The Morgan fingerprint density at radius 1 is 1.05 bits per heavy atom. The van der Waals surface area contributed by atoms with Gasteiger partial charge in [0.05, 0.1) is 13.2 Å². The van der Waals surface area contributed by atoms with Crippen molar-refractivity contribution in [2.45, 2.75) is 31.8 Å². The number of anilines is 2. The Morgan fingerprint density at radius 3 is 2.35 bits per heavy atom. The molecule has 5 rings (SSSR count). The van der Waals surface area contributed by atoms with Gasteiger partial charge in [0.25, 0.3) is 5.91 Å². The Morgan fingerprint density at radius 2 is 1.75 bits per heavy atom. The maximum absolute atomic E-state index is 13.2. The molecule has 1 atom stereocenters. The third kappa shape index (κ3) is 6.13. The highest BCUT2D eigenvalue weighted by atomic mass is 16.5. The molecule has 2 aliphatic heterocycles. The molecule has 3 aliphatic rings. The van der Waals surface area contributed by atoms with Crippen molar-refractivity contribution in [3.8, 4) is 5.75 Å². The number of methoxy groups -OCH3 is 2. The van der Waals surface area contributed by atoms with Crippen LogP contribution in [0.25, 0.3) is 6.08 Å². The van der Waals surface area contributed by atoms with Gasteiger partial charge in [-0.05, 0) is 79.8 Å². The molecule has 1 unspecified atom stereocenters. The number of hydrazone groups is 1. The Bertz CT molecular complexity index is 1320. The molecule has 2 aromatic rings. The highest BCUT2D eigenvalue weighted by Gasteiger charge is 2.35. The first kappa shape index (κ1) is 27.3. The third-order valence-corrected chi connectivity index (χ3v) is 7.14. The second kappa shape index (κ2) is 12.7. The molecule has 0 saturated carbocycles. The van der Waals surface area contributed by atoms with Crippen molar-refractivity contribution in [3.05, 3.63) is 96.4 Å². The maximum atomic E-state index is 13.2. The SMILES string of the molecule is C=CCN1C(=O)/C(=C\c2ccc(N(C3=CCC(OC)C=C3)c3ccc(OC)cc3)cc2)OC1=NN1CCCCC1. The average molecular weight is 541 g/mol. The number of benzene rings is 2. The molecule has 2 aromatic carbocycles. The van der Waals surface area contributed by atoms with E-state index in [-0.39, 0.29) is 17.8 Å². The smallest absolute Gasteiger partial charge is 0.322 e. The number of carbonyl (C=O) groups is 1. The van der Waals surface area contributed by atoms with E-state index in [1.54, 1.807) is 26.4 Å². The van der Waals surface area contributed by atoms with Crippen molar-refractivity contribution >= 4 is 29.4 Å². The first-order valence-corrected chi connectivity index (χ1v) is 13.7. The molecular weight excluding hydrogens is 504 g/mol. The van der Waals surface area contributed by atoms with Crippen LogP contribution in [0.5, 0.6) is 5.75 Å². The Balaban J connectivity index is 1.40. The number of hydrogen-bond acceptors (Lipinski definition) is 7. The predicted molar refractivity (Wildman–Crippen MR) is 158 cm³/mol. The molecule has 208 valence electrons. The van der Waals surface area contributed by atoms with E-state index in [2.05, 4.69) is 34.8 Å². The molecule has 2 saturated heterocycles. The molecule has 8 heteroatoms. The molecule has 40 heavy (non-hydrogen) atoms. The summed E-state index contributed by atoms with van der Waals surface area (Å²) in [6.45, 7) is 5.86. The Hall–Kier alpha value is -4.30. The molecule has 1 amide bonds. The molecule has 8 nitrogen and oxygen atoms in total. The number of amides is 1. The summed E-state index contributed by atoms with van der Waals surface area (Å²) in [4.78, 5) is 16.9. The van der Waals surface area contributed by atoms with Crippen LogP contribution in [0.15, 0.2) is 96.0 Å². The van der Waals surface area contributed by atoms with E-state index in [1.165, 1.54) is 11.3 Å². The van der Waals surface area contributed by atoms with Crippen LogP contribution < -0.4 is 9.64 Å². The van der Waals surface area contributed by atoms with Gasteiger partial charge in [0, 0.05) is 43.8 Å². The highest BCUT2D eigenvalue weighted by Crippen LogP contribution is 2.34. The number of amidine groups is 1. The van der Waals surface area contributed by atoms with Crippen LogP contribution in [0.2, 0.25) is 0 Å². The summed E-state index contributed by atoms with van der Waals surface area (Å²) in [5, 5.41) is 6.61. The highest BCUT2D eigenvalue weighted by molar-refractivity contribution is 6.11. The fraction of sp³-hybridized carbons (Fsp3) is 0.312. The first-order chi connectivity index (χ1) is 19.6. The zero-order chi connectivity index (χ0) is 27.9. The molecule has 0 bridgehead atoms. The molecule has 2 heterocycles. The van der Waals surface area contributed by atoms with Crippen molar-refractivity contribution < 1.29 is 19.0 Å². The van der Waals surface area contributed by atoms with E-state index in [0.29, 0.717) is 12.6 Å². The van der Waals surface area contributed by atoms with E-state index >= 15 is 0 Å². The molecular formula is C32H36N4O4. The quantitative estimate of drug-likeness (QED) is 0.294. The molecule has 0 N–H and O–H groups in total. The monoisotopic (exact) mass is 540 g/mol. The number of piperidine rings is 1. The summed E-state index contributed by atoms with van der Waals surface area (Å²) in [5.74, 6) is 0.832. The second-order valence-corrected chi connectivity index (χ2v) is 9.83. The Labute approximate surface area is 236 Å². The van der Waals surface area contributed by atoms with Gasteiger partial charge in [0.1, 0.15) is 5.75 Å². The minimum absolute atomic E-state index is 0.0726. The van der Waals surface area contributed by atoms with Crippen molar-refractivity contribution in [1.29, 1.82) is 0 Å². The summed E-state index contributed by atoms with van der Waals surface area (Å²) in [6, 6.07) is 16.3. The normalized spacial score (nSPS) is 21.0. The number of ether oxygens (including phenoxy) is 3. The lowest BCUT2D eigenvalue weighted by Gasteiger charge is -2.29. The lowest BCUT2D eigenvalue weighted by atomic mass is 10.1. The molecule has 0 aromatic heterocycles. The zero-order valence-electron chi connectivity index (χ0n) is 23.2. The average Bonchev–Trinajstić information content (AvgIpc) is 3.28. The van der Waals surface area contributed by atoms with Crippen molar-refractivity contribution in [2.75, 3.05) is 38.8 Å². The van der Waals surface area contributed by atoms with Crippen LogP contribution in [0.3, 0.4) is 0 Å². The van der Waals surface area contributed by atoms with E-state index in [1.807, 2.05) is 53.5 Å². The molecule has 2 fully saturated rings. The van der Waals surface area contributed by atoms with Crippen LogP contribution >= 0.6 is 0 Å². The summed E-state index contributed by atoms with van der Waals surface area (Å²) >= 11 is 0. The molecule has 0 radical (unpaired) electrons. The maximum Gasteiger partial charge on any atom is 0.322 e. The van der Waals surface area contributed by atoms with Gasteiger partial charge in [-0.1, -0.05) is 30.4 Å². The summed E-state index contributed by atoms with van der Waals surface area (Å²) in [5.41, 5.74) is 3.90. The summed E-state index contributed by atoms with van der Waals surface area (Å²) < 4.78 is 16.8. The van der Waals surface area contributed by atoms with E-state index in [9.17, 15) is 4.79 Å². The van der Waals surface area contributed by atoms with Crippen molar-refractivity contribution in [1.82, 2.24) is 9.91 Å². The number of nitrogens with zero attached hydrogens (tertiary/aromatic N) is 4. The lowest BCUT2D eigenvalue weighted by Crippen LogP contribution is -2.33. The summed E-state index contributed by atoms with van der Waals surface area (Å²) in [7, 11) is 3.38. The summed E-state index contributed by atoms with van der Waals surface area (Å²) in [6.07, 6.45) is 14.0. The van der Waals surface area contributed by atoms with E-state index in [0.717, 1.165) is 60.7 Å². The minimum atomic E-state index is -0.218. The van der Waals surface area contributed by atoms with Gasteiger partial charge >= 0.3 is 6.02 Å². The topological polar surface area (TPSA) is 66.8 Å². The van der Waals surface area contributed by atoms with E-state index in [4.69, 9.17) is 14.2 Å². The van der Waals surface area contributed by atoms with Crippen LogP contribution in [-0.2, 0) is 14.3 Å². The fourth-order valence-corrected chi connectivity index (χ4v) is 4.95. The van der Waals surface area contributed by atoms with Gasteiger partial charge in [0.2, 0.25) is 0 Å². The van der Waals surface area contributed by atoms with Crippen LogP contribution in [0, 0.1) is 0 Å². The van der Waals surface area contributed by atoms with Crippen molar-refractivity contribution in [2.24, 2.45) is 5.10 Å². The van der Waals surface area contributed by atoms with Gasteiger partial charge in [-0.3, -0.25) is 14.7 Å². The standard InChI is InChI=1S/C32H36N4O4/c1-4-20-35-31(37)30(40-32(35)33-34-21-6-5-7-22-34)23-24-8-10-25(11-9-24)36(26-12-16-28(38-2)17-13-26)27-14-18-29(39-3)19-15-27/h4,8-18,23,29H,1,5-7,19-22H2,2-3H3/b30-23+,33-32?. The van der Waals surface area contributed by atoms with Gasteiger partial charge < -0.3 is 19.1 Å². The molecule has 1 aliphatic carbocycles. The number of hydrogen-bond donors (Lipinski definition) is 0. The number of carbonyl (C=O) groups excluding carboxylic acids is 1. The van der Waals surface area contributed by atoms with Gasteiger partial charge in [-0.25, -0.2) is 0 Å². The van der Waals surface area contributed by atoms with Gasteiger partial charge in [-0.2, -0.15) is 0 Å². The predicted octanol–water partition coefficient (Wildman–Crippen LogP) is 5.83. The van der Waals surface area contributed by atoms with Crippen LogP contribution in [0.4, 0.5) is 11.4 Å². The fourth-order valence-electron chi connectivity index (χ4n) is 4.95.